The normalized spacial score (nSPS) is 15.1. The molecule has 0 saturated heterocycles. The van der Waals surface area contributed by atoms with Gasteiger partial charge in [0.05, 0.1) is 5.56 Å². The molecule has 1 aliphatic heterocycles. The van der Waals surface area contributed by atoms with Crippen LogP contribution in [0.25, 0.3) is 0 Å². The minimum atomic E-state index is -4.13. The van der Waals surface area contributed by atoms with E-state index in [9.17, 15) is 22.8 Å². The molecule has 0 bridgehead atoms. The van der Waals surface area contributed by atoms with Crippen LogP contribution in [0.5, 0.6) is 0 Å². The number of carbonyl (C=O) groups excluding carboxylic acids is 3. The zero-order valence-corrected chi connectivity index (χ0v) is 19.7. The smallest absolute Gasteiger partial charge is 0.269 e. The minimum absolute atomic E-state index is 0.0456. The molecule has 3 rings (SSSR count). The van der Waals surface area contributed by atoms with Gasteiger partial charge in [-0.15, -0.1) is 0 Å². The van der Waals surface area contributed by atoms with Crippen molar-refractivity contribution in [3.05, 3.63) is 65.7 Å². The molecular formula is C24H29N3O5S. The number of benzene rings is 2. The average Bonchev–Trinajstić information content (AvgIpc) is 3.00. The van der Waals surface area contributed by atoms with Crippen molar-refractivity contribution in [2.24, 2.45) is 0 Å². The zero-order chi connectivity index (χ0) is 24.0. The molecule has 2 aromatic carbocycles. The molecule has 1 heterocycles. The first kappa shape index (κ1) is 24.4. The molecule has 0 aliphatic carbocycles. The molecule has 33 heavy (non-hydrogen) atoms. The Hall–Kier alpha value is -3.20. The van der Waals surface area contributed by atoms with Gasteiger partial charge in [-0.05, 0) is 30.5 Å². The van der Waals surface area contributed by atoms with Crippen molar-refractivity contribution in [1.29, 1.82) is 0 Å². The van der Waals surface area contributed by atoms with Crippen LogP contribution >= 0.6 is 0 Å². The lowest BCUT2D eigenvalue weighted by Gasteiger charge is -2.31. The average molecular weight is 472 g/mol. The molecule has 9 heteroatoms. The highest BCUT2D eigenvalue weighted by molar-refractivity contribution is 7.90. The van der Waals surface area contributed by atoms with Gasteiger partial charge < -0.3 is 10.2 Å². The number of nitrogens with zero attached hydrogens (tertiary/aromatic N) is 2. The Morgan fingerprint density at radius 1 is 1.03 bits per heavy atom. The highest BCUT2D eigenvalue weighted by Crippen LogP contribution is 2.30. The summed E-state index contributed by atoms with van der Waals surface area (Å²) >= 11 is 0. The predicted molar refractivity (Wildman–Crippen MR) is 124 cm³/mol. The largest absolute Gasteiger partial charge is 0.354 e. The van der Waals surface area contributed by atoms with Gasteiger partial charge >= 0.3 is 0 Å². The summed E-state index contributed by atoms with van der Waals surface area (Å²) in [6, 6.07) is 14.2. The maximum Gasteiger partial charge on any atom is 0.269 e. The summed E-state index contributed by atoms with van der Waals surface area (Å²) in [7, 11) is -4.13. The summed E-state index contributed by atoms with van der Waals surface area (Å²) in [5.74, 6) is -1.64. The number of unbranched alkanes of at least 4 members (excludes halogenated alkanes) is 1. The summed E-state index contributed by atoms with van der Waals surface area (Å²) in [6.07, 6.45) is 2.07. The molecule has 0 aromatic heterocycles. The van der Waals surface area contributed by atoms with E-state index < -0.39 is 34.4 Å². The molecule has 8 nitrogen and oxygen atoms in total. The van der Waals surface area contributed by atoms with Gasteiger partial charge in [-0.2, -0.15) is 0 Å². The number of hydrogen-bond acceptors (Lipinski definition) is 5. The van der Waals surface area contributed by atoms with Crippen LogP contribution < -0.4 is 5.32 Å². The minimum Gasteiger partial charge on any atom is -0.354 e. The van der Waals surface area contributed by atoms with Crippen LogP contribution in [0.4, 0.5) is 0 Å². The lowest BCUT2D eigenvalue weighted by Crippen LogP contribution is -2.52. The Kier molecular flexibility index (Phi) is 7.86. The third-order valence-electron chi connectivity index (χ3n) is 5.60. The summed E-state index contributed by atoms with van der Waals surface area (Å²) in [5, 5.41) is 2.86. The fourth-order valence-corrected chi connectivity index (χ4v) is 5.33. The lowest BCUT2D eigenvalue weighted by atomic mass is 10.1. The van der Waals surface area contributed by atoms with Gasteiger partial charge in [0.2, 0.25) is 11.8 Å². The lowest BCUT2D eigenvalue weighted by molar-refractivity contribution is -0.141. The van der Waals surface area contributed by atoms with Crippen LogP contribution in [0.1, 0.15) is 49.0 Å². The molecule has 0 spiro atoms. The number of carbonyl (C=O) groups is 3. The van der Waals surface area contributed by atoms with Gasteiger partial charge in [-0.25, -0.2) is 12.7 Å². The third-order valence-corrected chi connectivity index (χ3v) is 7.39. The Labute approximate surface area is 194 Å². The quantitative estimate of drug-likeness (QED) is 0.537. The standard InChI is InChI=1S/C24H29N3O5S/c1-3-5-15-25-23(29)20(4-2)26(16-18-11-7-6-8-12-18)22(28)17-27-24(30)19-13-9-10-14-21(19)33(27,31)32/h6-14,20H,3-5,15-17H2,1-2H3,(H,25,29)/t20-/m0/s1. The molecule has 1 aliphatic rings. The van der Waals surface area contributed by atoms with Crippen LogP contribution in [0, 0.1) is 0 Å². The zero-order valence-electron chi connectivity index (χ0n) is 18.9. The summed E-state index contributed by atoms with van der Waals surface area (Å²) < 4.78 is 26.4. The number of fused-ring (bicyclic) bond motifs is 1. The van der Waals surface area contributed by atoms with Gasteiger partial charge in [-0.3, -0.25) is 14.4 Å². The Balaban J connectivity index is 1.87. The van der Waals surface area contributed by atoms with Crippen molar-refractivity contribution in [3.8, 4) is 0 Å². The number of sulfonamides is 1. The number of rotatable bonds is 10. The van der Waals surface area contributed by atoms with E-state index in [1.807, 2.05) is 37.3 Å². The first-order chi connectivity index (χ1) is 15.8. The van der Waals surface area contributed by atoms with E-state index in [2.05, 4.69) is 5.32 Å². The van der Waals surface area contributed by atoms with E-state index in [1.54, 1.807) is 13.0 Å². The fraction of sp³-hybridized carbons (Fsp3) is 0.375. The number of nitrogens with one attached hydrogen (secondary N) is 1. The molecule has 176 valence electrons. The Morgan fingerprint density at radius 3 is 2.33 bits per heavy atom. The first-order valence-electron chi connectivity index (χ1n) is 11.1. The van der Waals surface area contributed by atoms with E-state index in [4.69, 9.17) is 0 Å². The maximum absolute atomic E-state index is 13.4. The molecule has 0 saturated carbocycles. The molecule has 0 fully saturated rings. The number of amides is 3. The second kappa shape index (κ2) is 10.6. The van der Waals surface area contributed by atoms with Crippen LogP contribution in [-0.2, 0) is 26.2 Å². The van der Waals surface area contributed by atoms with Crippen molar-refractivity contribution in [2.75, 3.05) is 13.1 Å². The summed E-state index contributed by atoms with van der Waals surface area (Å²) in [6.45, 7) is 3.76. The first-order valence-corrected chi connectivity index (χ1v) is 12.5. The predicted octanol–water partition coefficient (Wildman–Crippen LogP) is 2.55. The Bertz CT molecular complexity index is 1120. The van der Waals surface area contributed by atoms with Crippen LogP contribution in [0.3, 0.4) is 0 Å². The highest BCUT2D eigenvalue weighted by atomic mass is 32.2. The van der Waals surface area contributed by atoms with E-state index in [0.29, 0.717) is 17.3 Å². The van der Waals surface area contributed by atoms with Gasteiger partial charge in [0.15, 0.2) is 0 Å². The van der Waals surface area contributed by atoms with Crippen LogP contribution in [0.2, 0.25) is 0 Å². The molecule has 0 unspecified atom stereocenters. The van der Waals surface area contributed by atoms with Gasteiger partial charge in [0.25, 0.3) is 15.9 Å². The van der Waals surface area contributed by atoms with Crippen molar-refractivity contribution >= 4 is 27.7 Å². The van der Waals surface area contributed by atoms with Crippen LogP contribution in [0.15, 0.2) is 59.5 Å². The summed E-state index contributed by atoms with van der Waals surface area (Å²) in [5.41, 5.74) is 0.841. The third kappa shape index (κ3) is 5.24. The fourth-order valence-electron chi connectivity index (χ4n) is 3.81. The van der Waals surface area contributed by atoms with Gasteiger partial charge in [0.1, 0.15) is 17.5 Å². The van der Waals surface area contributed by atoms with E-state index >= 15 is 0 Å². The van der Waals surface area contributed by atoms with E-state index in [0.717, 1.165) is 18.4 Å². The van der Waals surface area contributed by atoms with Gasteiger partial charge in [-0.1, -0.05) is 62.7 Å². The second-order valence-electron chi connectivity index (χ2n) is 7.89. The second-order valence-corrected chi connectivity index (χ2v) is 9.72. The molecule has 0 radical (unpaired) electrons. The van der Waals surface area contributed by atoms with Crippen molar-refractivity contribution in [1.82, 2.24) is 14.5 Å². The van der Waals surface area contributed by atoms with Crippen molar-refractivity contribution in [3.63, 3.8) is 0 Å². The van der Waals surface area contributed by atoms with Crippen LogP contribution in [-0.4, -0.2) is 54.5 Å². The molecule has 1 N–H and O–H groups in total. The molecule has 3 amide bonds. The van der Waals surface area contributed by atoms with Crippen molar-refractivity contribution < 1.29 is 22.8 Å². The van der Waals surface area contributed by atoms with Gasteiger partial charge in [0, 0.05) is 13.1 Å². The number of hydrogen-bond donors (Lipinski definition) is 1. The topological polar surface area (TPSA) is 104 Å². The maximum atomic E-state index is 13.4. The molecule has 2 aromatic rings. The Morgan fingerprint density at radius 2 is 1.70 bits per heavy atom. The van der Waals surface area contributed by atoms with E-state index in [-0.39, 0.29) is 22.9 Å². The molecular weight excluding hydrogens is 442 g/mol. The molecule has 1 atom stereocenters. The summed E-state index contributed by atoms with van der Waals surface area (Å²) in [4.78, 5) is 40.3. The SMILES string of the molecule is CCCCNC(=O)[C@H](CC)N(Cc1ccccc1)C(=O)CN1C(=O)c2ccccc2S1(=O)=O. The van der Waals surface area contributed by atoms with Crippen molar-refractivity contribution in [2.45, 2.75) is 50.6 Å². The van der Waals surface area contributed by atoms with E-state index in [1.165, 1.54) is 23.1 Å². The monoisotopic (exact) mass is 471 g/mol. The highest BCUT2D eigenvalue weighted by Gasteiger charge is 2.43.